The van der Waals surface area contributed by atoms with Gasteiger partial charge in [0.1, 0.15) is 0 Å². The van der Waals surface area contributed by atoms with Crippen LogP contribution in [0.15, 0.2) is 11.4 Å². The lowest BCUT2D eigenvalue weighted by molar-refractivity contribution is -0.118. The molecule has 0 radical (unpaired) electrons. The molecule has 1 aromatic rings. The number of rotatable bonds is 4. The van der Waals surface area contributed by atoms with Gasteiger partial charge in [0.15, 0.2) is 0 Å². The van der Waals surface area contributed by atoms with Gasteiger partial charge in [0.2, 0.25) is 5.91 Å². The Bertz CT molecular complexity index is 283. The van der Waals surface area contributed by atoms with Crippen LogP contribution in [0.25, 0.3) is 0 Å². The molecule has 1 aromatic heterocycles. The monoisotopic (exact) mass is 215 g/mol. The number of carbonyl (C=O) groups excluding carboxylic acids is 1. The van der Waals surface area contributed by atoms with Crippen molar-refractivity contribution >= 4 is 29.9 Å². The van der Waals surface area contributed by atoms with Crippen LogP contribution in [-0.4, -0.2) is 18.2 Å². The predicted octanol–water partition coefficient (Wildman–Crippen LogP) is 1.65. The van der Waals surface area contributed by atoms with Crippen LogP contribution in [-0.2, 0) is 11.2 Å². The first-order chi connectivity index (χ1) is 6.24. The molecule has 2 nitrogen and oxygen atoms in total. The largest absolute Gasteiger partial charge is 0.355 e. The number of aryl methyl sites for hydroxylation is 1. The van der Waals surface area contributed by atoms with Crippen molar-refractivity contribution in [3.8, 4) is 0 Å². The zero-order valence-electron chi connectivity index (χ0n) is 7.54. The number of carbonyl (C=O) groups is 1. The molecule has 1 rings (SSSR count). The van der Waals surface area contributed by atoms with Crippen LogP contribution >= 0.6 is 24.0 Å². The Morgan fingerprint density at radius 1 is 1.69 bits per heavy atom. The third-order valence-corrected chi connectivity index (χ3v) is 3.16. The molecule has 0 fully saturated rings. The van der Waals surface area contributed by atoms with E-state index in [0.29, 0.717) is 6.54 Å². The normalized spacial score (nSPS) is 10.0. The third kappa shape index (κ3) is 3.40. The summed E-state index contributed by atoms with van der Waals surface area (Å²) in [5.41, 5.74) is 1.31. The minimum atomic E-state index is -0.00228. The number of nitrogens with one attached hydrogen (secondary N) is 1. The summed E-state index contributed by atoms with van der Waals surface area (Å²) in [6.45, 7) is 2.80. The van der Waals surface area contributed by atoms with Crippen LogP contribution < -0.4 is 5.32 Å². The van der Waals surface area contributed by atoms with E-state index < -0.39 is 0 Å². The van der Waals surface area contributed by atoms with E-state index in [-0.39, 0.29) is 11.7 Å². The van der Waals surface area contributed by atoms with Crippen molar-refractivity contribution in [2.75, 3.05) is 12.3 Å². The highest BCUT2D eigenvalue weighted by atomic mass is 32.1. The standard InChI is InChI=1S/C9H13NOS2/c1-7-3-5-13-8(7)2-4-10-9(11)6-12/h3,5,12H,2,4,6H2,1H3,(H,10,11). The lowest BCUT2D eigenvalue weighted by Gasteiger charge is -2.02. The highest BCUT2D eigenvalue weighted by Gasteiger charge is 2.00. The van der Waals surface area contributed by atoms with Crippen LogP contribution in [0.1, 0.15) is 10.4 Å². The summed E-state index contributed by atoms with van der Waals surface area (Å²) in [6, 6.07) is 2.10. The van der Waals surface area contributed by atoms with Gasteiger partial charge in [-0.15, -0.1) is 11.3 Å². The van der Waals surface area contributed by atoms with E-state index in [9.17, 15) is 4.79 Å². The lowest BCUT2D eigenvalue weighted by atomic mass is 10.2. The molecule has 0 spiro atoms. The Kier molecular flexibility index (Phi) is 4.32. The maximum atomic E-state index is 10.8. The van der Waals surface area contributed by atoms with Crippen molar-refractivity contribution in [1.82, 2.24) is 5.32 Å². The van der Waals surface area contributed by atoms with E-state index in [0.717, 1.165) is 6.42 Å². The Balaban J connectivity index is 2.28. The van der Waals surface area contributed by atoms with Gasteiger partial charge >= 0.3 is 0 Å². The van der Waals surface area contributed by atoms with Crippen LogP contribution in [0.3, 0.4) is 0 Å². The third-order valence-electron chi connectivity index (χ3n) is 1.79. The first kappa shape index (κ1) is 10.6. The summed E-state index contributed by atoms with van der Waals surface area (Å²) < 4.78 is 0. The fourth-order valence-electron chi connectivity index (χ4n) is 1.03. The highest BCUT2D eigenvalue weighted by molar-refractivity contribution is 7.81. The molecule has 0 atom stereocenters. The van der Waals surface area contributed by atoms with Gasteiger partial charge in [-0.1, -0.05) is 0 Å². The van der Waals surface area contributed by atoms with Gasteiger partial charge < -0.3 is 5.32 Å². The molecule has 0 aromatic carbocycles. The summed E-state index contributed by atoms with van der Waals surface area (Å²) in [5, 5.41) is 4.86. The van der Waals surface area contributed by atoms with Gasteiger partial charge in [-0.05, 0) is 30.4 Å². The van der Waals surface area contributed by atoms with Crippen LogP contribution in [0.5, 0.6) is 0 Å². The summed E-state index contributed by atoms with van der Waals surface area (Å²) in [5.74, 6) is 0.265. The molecule has 13 heavy (non-hydrogen) atoms. The van der Waals surface area contributed by atoms with Crippen LogP contribution in [0.4, 0.5) is 0 Å². The Hall–Kier alpha value is -0.480. The number of hydrogen-bond acceptors (Lipinski definition) is 3. The molecule has 0 aliphatic rings. The minimum Gasteiger partial charge on any atom is -0.355 e. The maximum absolute atomic E-state index is 10.8. The van der Waals surface area contributed by atoms with Crippen molar-refractivity contribution in [2.24, 2.45) is 0 Å². The molecule has 4 heteroatoms. The zero-order chi connectivity index (χ0) is 9.68. The molecule has 1 amide bonds. The number of amides is 1. The molecule has 1 N–H and O–H groups in total. The Morgan fingerprint density at radius 3 is 3.00 bits per heavy atom. The first-order valence-electron chi connectivity index (χ1n) is 4.14. The molecule has 0 aliphatic carbocycles. The van der Waals surface area contributed by atoms with E-state index in [1.54, 1.807) is 11.3 Å². The van der Waals surface area contributed by atoms with Gasteiger partial charge in [-0.3, -0.25) is 4.79 Å². The highest BCUT2D eigenvalue weighted by Crippen LogP contribution is 2.15. The van der Waals surface area contributed by atoms with Crippen molar-refractivity contribution in [3.05, 3.63) is 21.9 Å². The van der Waals surface area contributed by atoms with Gasteiger partial charge in [0, 0.05) is 11.4 Å². The molecular weight excluding hydrogens is 202 g/mol. The quantitative estimate of drug-likeness (QED) is 0.735. The van der Waals surface area contributed by atoms with E-state index in [2.05, 4.69) is 36.3 Å². The number of thiol groups is 1. The van der Waals surface area contributed by atoms with Crippen LogP contribution in [0, 0.1) is 6.92 Å². The summed E-state index contributed by atoms with van der Waals surface area (Å²) in [4.78, 5) is 12.2. The smallest absolute Gasteiger partial charge is 0.229 e. The molecule has 0 aliphatic heterocycles. The van der Waals surface area contributed by atoms with E-state index in [4.69, 9.17) is 0 Å². The van der Waals surface area contributed by atoms with Gasteiger partial charge in [-0.25, -0.2) is 0 Å². The molecule has 0 unspecified atom stereocenters. The number of thiophene rings is 1. The maximum Gasteiger partial charge on any atom is 0.229 e. The van der Waals surface area contributed by atoms with Crippen molar-refractivity contribution in [3.63, 3.8) is 0 Å². The average Bonchev–Trinajstić information content (AvgIpc) is 2.52. The summed E-state index contributed by atoms with van der Waals surface area (Å²) in [6.07, 6.45) is 0.920. The lowest BCUT2D eigenvalue weighted by Crippen LogP contribution is -2.26. The van der Waals surface area contributed by atoms with Gasteiger partial charge in [0.05, 0.1) is 5.75 Å². The fraction of sp³-hybridized carbons (Fsp3) is 0.444. The zero-order valence-corrected chi connectivity index (χ0v) is 9.25. The summed E-state index contributed by atoms with van der Waals surface area (Å²) >= 11 is 5.61. The minimum absolute atomic E-state index is 0.00228. The molecule has 72 valence electrons. The first-order valence-corrected chi connectivity index (χ1v) is 5.65. The molecule has 1 heterocycles. The van der Waals surface area contributed by atoms with Gasteiger partial charge in [0.25, 0.3) is 0 Å². The van der Waals surface area contributed by atoms with E-state index in [1.807, 2.05) is 0 Å². The fourth-order valence-corrected chi connectivity index (χ4v) is 2.05. The second-order valence-corrected chi connectivity index (χ2v) is 4.10. The van der Waals surface area contributed by atoms with Crippen molar-refractivity contribution < 1.29 is 4.79 Å². The second kappa shape index (κ2) is 5.29. The molecule has 0 saturated heterocycles. The topological polar surface area (TPSA) is 29.1 Å². The van der Waals surface area contributed by atoms with E-state index >= 15 is 0 Å². The molecule has 0 saturated carbocycles. The van der Waals surface area contributed by atoms with Gasteiger partial charge in [-0.2, -0.15) is 12.6 Å². The molecular formula is C9H13NOS2. The number of hydrogen-bond donors (Lipinski definition) is 2. The Labute approximate surface area is 87.8 Å². The average molecular weight is 215 g/mol. The SMILES string of the molecule is Cc1ccsc1CCNC(=O)CS. The second-order valence-electron chi connectivity index (χ2n) is 2.78. The van der Waals surface area contributed by atoms with E-state index in [1.165, 1.54) is 10.4 Å². The Morgan fingerprint density at radius 2 is 2.46 bits per heavy atom. The molecule has 0 bridgehead atoms. The summed E-state index contributed by atoms with van der Waals surface area (Å²) in [7, 11) is 0. The van der Waals surface area contributed by atoms with Crippen molar-refractivity contribution in [1.29, 1.82) is 0 Å². The predicted molar refractivity (Wildman–Crippen MR) is 59.6 cm³/mol. The van der Waals surface area contributed by atoms with Crippen molar-refractivity contribution in [2.45, 2.75) is 13.3 Å². The van der Waals surface area contributed by atoms with Crippen LogP contribution in [0.2, 0.25) is 0 Å².